The van der Waals surface area contributed by atoms with E-state index in [0.29, 0.717) is 12.1 Å². The largest absolute Gasteiger partial charge is 0.465 e. The second-order valence-electron chi connectivity index (χ2n) is 5.22. The maximum atomic E-state index is 11.6. The van der Waals surface area contributed by atoms with E-state index in [4.69, 9.17) is 0 Å². The van der Waals surface area contributed by atoms with Gasteiger partial charge in [0.05, 0.1) is 19.7 Å². The molecule has 1 unspecified atom stereocenters. The molecule has 0 aliphatic heterocycles. The van der Waals surface area contributed by atoms with Crippen LogP contribution in [0.15, 0.2) is 24.3 Å². The molecule has 0 radical (unpaired) electrons. The SMILES string of the molecule is COC(=O)c1ccc(C[NH+](C)CC(=O)NC(C)C)cc1. The zero-order chi connectivity index (χ0) is 15.1. The minimum Gasteiger partial charge on any atom is -0.465 e. The van der Waals surface area contributed by atoms with Gasteiger partial charge in [0.2, 0.25) is 0 Å². The normalized spacial score (nSPS) is 12.1. The molecule has 1 amide bonds. The van der Waals surface area contributed by atoms with E-state index >= 15 is 0 Å². The molecule has 0 heterocycles. The van der Waals surface area contributed by atoms with Gasteiger partial charge in [0.1, 0.15) is 6.54 Å². The summed E-state index contributed by atoms with van der Waals surface area (Å²) in [5.74, 6) is -0.294. The Bertz CT molecular complexity index is 455. The van der Waals surface area contributed by atoms with Crippen LogP contribution in [-0.2, 0) is 16.1 Å². The summed E-state index contributed by atoms with van der Waals surface area (Å²) in [6, 6.07) is 7.41. The van der Waals surface area contributed by atoms with E-state index in [2.05, 4.69) is 10.1 Å². The van der Waals surface area contributed by atoms with E-state index in [1.807, 2.05) is 33.0 Å². The van der Waals surface area contributed by atoms with Crippen LogP contribution in [-0.4, -0.2) is 38.6 Å². The van der Waals surface area contributed by atoms with E-state index in [0.717, 1.165) is 17.0 Å². The maximum Gasteiger partial charge on any atom is 0.337 e. The molecule has 0 bridgehead atoms. The fraction of sp³-hybridized carbons (Fsp3) is 0.467. The smallest absolute Gasteiger partial charge is 0.337 e. The third-order valence-corrected chi connectivity index (χ3v) is 2.79. The Morgan fingerprint density at radius 1 is 1.25 bits per heavy atom. The molecule has 0 aromatic heterocycles. The zero-order valence-electron chi connectivity index (χ0n) is 12.5. The predicted molar refractivity (Wildman–Crippen MR) is 76.5 cm³/mol. The second-order valence-corrected chi connectivity index (χ2v) is 5.22. The van der Waals surface area contributed by atoms with Crippen molar-refractivity contribution in [3.63, 3.8) is 0 Å². The summed E-state index contributed by atoms with van der Waals surface area (Å²) in [5.41, 5.74) is 1.61. The second kappa shape index (κ2) is 7.65. The number of esters is 1. The van der Waals surface area contributed by atoms with Crippen LogP contribution in [0.1, 0.15) is 29.8 Å². The standard InChI is InChI=1S/C15H22N2O3/c1-11(2)16-14(18)10-17(3)9-12-5-7-13(8-6-12)15(19)20-4/h5-8,11H,9-10H2,1-4H3,(H,16,18)/p+1. The molecule has 20 heavy (non-hydrogen) atoms. The molecule has 0 aliphatic rings. The first kappa shape index (κ1) is 16.2. The van der Waals surface area contributed by atoms with Gasteiger partial charge >= 0.3 is 5.97 Å². The van der Waals surface area contributed by atoms with Crippen molar-refractivity contribution in [1.82, 2.24) is 5.32 Å². The lowest BCUT2D eigenvalue weighted by Gasteiger charge is -2.15. The number of methoxy groups -OCH3 is 1. The molecule has 5 nitrogen and oxygen atoms in total. The molecule has 0 spiro atoms. The van der Waals surface area contributed by atoms with Crippen LogP contribution in [0.4, 0.5) is 0 Å². The number of hydrogen-bond acceptors (Lipinski definition) is 3. The lowest BCUT2D eigenvalue weighted by molar-refractivity contribution is -0.885. The Morgan fingerprint density at radius 3 is 2.35 bits per heavy atom. The van der Waals surface area contributed by atoms with Gasteiger partial charge in [-0.2, -0.15) is 0 Å². The summed E-state index contributed by atoms with van der Waals surface area (Å²) in [6.07, 6.45) is 0. The number of hydrogen-bond donors (Lipinski definition) is 2. The predicted octanol–water partition coefficient (Wildman–Crippen LogP) is 0.0125. The van der Waals surface area contributed by atoms with Crippen molar-refractivity contribution in [3.8, 4) is 0 Å². The molecular weight excluding hydrogens is 256 g/mol. The molecule has 2 N–H and O–H groups in total. The van der Waals surface area contributed by atoms with E-state index in [1.54, 1.807) is 12.1 Å². The van der Waals surface area contributed by atoms with Gasteiger partial charge in [-0.1, -0.05) is 12.1 Å². The summed E-state index contributed by atoms with van der Waals surface area (Å²) in [5, 5.41) is 2.87. The Kier molecular flexibility index (Phi) is 6.18. The van der Waals surface area contributed by atoms with Gasteiger partial charge < -0.3 is 15.0 Å². The van der Waals surface area contributed by atoms with Crippen LogP contribution >= 0.6 is 0 Å². The van der Waals surface area contributed by atoms with Crippen molar-refractivity contribution in [2.45, 2.75) is 26.4 Å². The number of carbonyl (C=O) groups excluding carboxylic acids is 2. The number of likely N-dealkylation sites (N-methyl/N-ethyl adjacent to an activating group) is 1. The Morgan fingerprint density at radius 2 is 1.85 bits per heavy atom. The van der Waals surface area contributed by atoms with Crippen LogP contribution in [0.3, 0.4) is 0 Å². The van der Waals surface area contributed by atoms with Gasteiger partial charge in [0.25, 0.3) is 5.91 Å². The molecular formula is C15H23N2O3+. The fourth-order valence-corrected chi connectivity index (χ4v) is 1.93. The van der Waals surface area contributed by atoms with Crippen molar-refractivity contribution < 1.29 is 19.2 Å². The molecule has 0 fully saturated rings. The van der Waals surface area contributed by atoms with Crippen molar-refractivity contribution in [2.75, 3.05) is 20.7 Å². The topological polar surface area (TPSA) is 59.8 Å². The molecule has 110 valence electrons. The number of nitrogens with one attached hydrogen (secondary N) is 2. The minimum atomic E-state index is -0.339. The highest BCUT2D eigenvalue weighted by atomic mass is 16.5. The number of carbonyl (C=O) groups is 2. The van der Waals surface area contributed by atoms with Crippen LogP contribution in [0.5, 0.6) is 0 Å². The first-order valence-corrected chi connectivity index (χ1v) is 6.70. The first-order valence-electron chi connectivity index (χ1n) is 6.70. The average Bonchev–Trinajstić information content (AvgIpc) is 2.37. The van der Waals surface area contributed by atoms with Crippen molar-refractivity contribution in [3.05, 3.63) is 35.4 Å². The molecule has 1 aromatic carbocycles. The van der Waals surface area contributed by atoms with E-state index < -0.39 is 0 Å². The van der Waals surface area contributed by atoms with Crippen LogP contribution in [0, 0.1) is 0 Å². The Balaban J connectivity index is 2.52. The zero-order valence-corrected chi connectivity index (χ0v) is 12.5. The molecule has 5 heteroatoms. The van der Waals surface area contributed by atoms with Gasteiger partial charge in [-0.15, -0.1) is 0 Å². The monoisotopic (exact) mass is 279 g/mol. The Labute approximate surface area is 119 Å². The van der Waals surface area contributed by atoms with Crippen molar-refractivity contribution in [1.29, 1.82) is 0 Å². The number of ether oxygens (including phenoxy) is 1. The highest BCUT2D eigenvalue weighted by Gasteiger charge is 2.12. The molecule has 1 aromatic rings. The number of amides is 1. The third-order valence-electron chi connectivity index (χ3n) is 2.79. The fourth-order valence-electron chi connectivity index (χ4n) is 1.93. The number of quaternary nitrogens is 1. The minimum absolute atomic E-state index is 0.0451. The highest BCUT2D eigenvalue weighted by molar-refractivity contribution is 5.89. The average molecular weight is 279 g/mol. The first-order chi connectivity index (χ1) is 9.42. The van der Waals surface area contributed by atoms with Crippen LogP contribution in [0.2, 0.25) is 0 Å². The van der Waals surface area contributed by atoms with Gasteiger partial charge in [0, 0.05) is 11.6 Å². The molecule has 0 saturated heterocycles. The van der Waals surface area contributed by atoms with Gasteiger partial charge in [-0.05, 0) is 26.0 Å². The van der Waals surface area contributed by atoms with Crippen molar-refractivity contribution >= 4 is 11.9 Å². The van der Waals surface area contributed by atoms with E-state index in [1.165, 1.54) is 7.11 Å². The summed E-state index contributed by atoms with van der Waals surface area (Å²) >= 11 is 0. The highest BCUT2D eigenvalue weighted by Crippen LogP contribution is 2.04. The summed E-state index contributed by atoms with van der Waals surface area (Å²) < 4.78 is 4.65. The molecule has 0 aliphatic carbocycles. The van der Waals surface area contributed by atoms with Crippen LogP contribution < -0.4 is 10.2 Å². The van der Waals surface area contributed by atoms with Crippen LogP contribution in [0.25, 0.3) is 0 Å². The summed E-state index contributed by atoms with van der Waals surface area (Å²) in [6.45, 7) is 5.04. The molecule has 1 atom stereocenters. The van der Waals surface area contributed by atoms with E-state index in [9.17, 15) is 9.59 Å². The summed E-state index contributed by atoms with van der Waals surface area (Å²) in [7, 11) is 3.33. The Hall–Kier alpha value is -1.88. The third kappa shape index (κ3) is 5.40. The number of rotatable bonds is 6. The van der Waals surface area contributed by atoms with Gasteiger partial charge in [-0.25, -0.2) is 4.79 Å². The molecule has 1 rings (SSSR count). The van der Waals surface area contributed by atoms with Gasteiger partial charge in [0.15, 0.2) is 6.54 Å². The quantitative estimate of drug-likeness (QED) is 0.721. The van der Waals surface area contributed by atoms with Gasteiger partial charge in [-0.3, -0.25) is 4.79 Å². The summed E-state index contributed by atoms with van der Waals surface area (Å²) in [4.78, 5) is 24.0. The lowest BCUT2D eigenvalue weighted by atomic mass is 10.1. The number of benzene rings is 1. The maximum absolute atomic E-state index is 11.6. The van der Waals surface area contributed by atoms with Crippen molar-refractivity contribution in [2.24, 2.45) is 0 Å². The van der Waals surface area contributed by atoms with E-state index in [-0.39, 0.29) is 17.9 Å². The molecule has 0 saturated carbocycles. The lowest BCUT2D eigenvalue weighted by Crippen LogP contribution is -3.09.